The molecule has 0 aliphatic carbocycles. The minimum Gasteiger partial charge on any atom is -0.315 e. The van der Waals surface area contributed by atoms with Crippen LogP contribution in [0.2, 0.25) is 0 Å². The molecule has 1 aromatic rings. The summed E-state index contributed by atoms with van der Waals surface area (Å²) in [5.41, 5.74) is 0. The van der Waals surface area contributed by atoms with Crippen LogP contribution in [0.5, 0.6) is 0 Å². The van der Waals surface area contributed by atoms with Crippen LogP contribution in [-0.4, -0.2) is 12.0 Å². The second-order valence-corrected chi connectivity index (χ2v) is 3.20. The highest BCUT2D eigenvalue weighted by Gasteiger charge is 1.93. The largest absolute Gasteiger partial charge is 0.315 e. The van der Waals surface area contributed by atoms with Gasteiger partial charge in [0.15, 0.2) is 0 Å². The molecule has 3 heteroatoms. The second kappa shape index (κ2) is 2.94. The van der Waals surface area contributed by atoms with Gasteiger partial charge >= 0.3 is 0 Å². The Kier molecular flexibility index (Phi) is 2.19. The Morgan fingerprint density at radius 1 is 1.78 bits per heavy atom. The van der Waals surface area contributed by atoms with Gasteiger partial charge in [-0.15, -0.1) is 11.3 Å². The van der Waals surface area contributed by atoms with E-state index in [4.69, 9.17) is 0 Å². The summed E-state index contributed by atoms with van der Waals surface area (Å²) in [6.07, 6.45) is 1.91. The summed E-state index contributed by atoms with van der Waals surface area (Å²) in [5.74, 6) is 0. The molecule has 0 saturated carbocycles. The monoisotopic (exact) mass is 142 g/mol. The van der Waals surface area contributed by atoms with Gasteiger partial charge in [-0.05, 0) is 14.0 Å². The molecule has 0 aromatic carbocycles. The lowest BCUT2D eigenvalue weighted by molar-refractivity contribution is 0.829. The fourth-order valence-corrected chi connectivity index (χ4v) is 1.47. The Balaban J connectivity index is 2.61. The highest BCUT2D eigenvalue weighted by Crippen LogP contribution is 2.09. The zero-order valence-corrected chi connectivity index (χ0v) is 6.46. The van der Waals surface area contributed by atoms with Crippen molar-refractivity contribution < 1.29 is 0 Å². The highest BCUT2D eigenvalue weighted by atomic mass is 32.1. The van der Waals surface area contributed by atoms with Gasteiger partial charge in [0, 0.05) is 17.6 Å². The van der Waals surface area contributed by atoms with Crippen molar-refractivity contribution in [3.8, 4) is 0 Å². The van der Waals surface area contributed by atoms with Crippen molar-refractivity contribution in [1.29, 1.82) is 0 Å². The first kappa shape index (κ1) is 6.71. The molecule has 1 N–H and O–H groups in total. The number of hydrogen-bond acceptors (Lipinski definition) is 3. The lowest BCUT2D eigenvalue weighted by Gasteiger charge is -1.88. The average Bonchev–Trinajstić information content (AvgIpc) is 2.17. The Morgan fingerprint density at radius 3 is 3.00 bits per heavy atom. The van der Waals surface area contributed by atoms with Gasteiger partial charge in [0.25, 0.3) is 0 Å². The normalized spacial score (nSPS) is 10.0. The van der Waals surface area contributed by atoms with Gasteiger partial charge in [-0.2, -0.15) is 0 Å². The summed E-state index contributed by atoms with van der Waals surface area (Å²) in [7, 11) is 1.94. The molecule has 50 valence electrons. The number of thiazole rings is 1. The van der Waals surface area contributed by atoms with Gasteiger partial charge in [0.1, 0.15) is 0 Å². The van der Waals surface area contributed by atoms with Gasteiger partial charge in [-0.1, -0.05) is 0 Å². The summed E-state index contributed by atoms with van der Waals surface area (Å²) in [4.78, 5) is 5.41. The number of rotatable bonds is 2. The maximum Gasteiger partial charge on any atom is 0.0897 e. The van der Waals surface area contributed by atoms with E-state index in [0.29, 0.717) is 0 Å². The van der Waals surface area contributed by atoms with Crippen molar-refractivity contribution in [3.05, 3.63) is 16.1 Å². The van der Waals surface area contributed by atoms with Gasteiger partial charge in [-0.3, -0.25) is 0 Å². The zero-order valence-electron chi connectivity index (χ0n) is 5.64. The van der Waals surface area contributed by atoms with E-state index < -0.39 is 0 Å². The third-order valence-electron chi connectivity index (χ3n) is 1.02. The molecule has 0 bridgehead atoms. The smallest absolute Gasteiger partial charge is 0.0897 e. The Labute approximate surface area is 58.9 Å². The molecule has 0 fully saturated rings. The predicted molar refractivity (Wildman–Crippen MR) is 39.6 cm³/mol. The molecule has 0 atom stereocenters. The molecule has 0 aliphatic heterocycles. The zero-order chi connectivity index (χ0) is 6.69. The van der Waals surface area contributed by atoms with Crippen molar-refractivity contribution in [1.82, 2.24) is 10.3 Å². The van der Waals surface area contributed by atoms with Gasteiger partial charge in [0.05, 0.1) is 5.01 Å². The topological polar surface area (TPSA) is 24.9 Å². The summed E-state index contributed by atoms with van der Waals surface area (Å²) >= 11 is 1.74. The van der Waals surface area contributed by atoms with Crippen LogP contribution in [0.1, 0.15) is 9.88 Å². The molecule has 0 amide bonds. The van der Waals surface area contributed by atoms with Crippen LogP contribution in [0, 0.1) is 6.92 Å². The van der Waals surface area contributed by atoms with E-state index in [1.165, 1.54) is 4.88 Å². The molecular formula is C6H10N2S. The molecule has 2 nitrogen and oxygen atoms in total. The van der Waals surface area contributed by atoms with Gasteiger partial charge < -0.3 is 5.32 Å². The van der Waals surface area contributed by atoms with Crippen LogP contribution in [0.3, 0.4) is 0 Å². The number of nitrogens with zero attached hydrogens (tertiary/aromatic N) is 1. The first-order valence-electron chi connectivity index (χ1n) is 2.89. The first-order chi connectivity index (χ1) is 4.33. The fraction of sp³-hybridized carbons (Fsp3) is 0.500. The van der Waals surface area contributed by atoms with E-state index in [-0.39, 0.29) is 0 Å². The summed E-state index contributed by atoms with van der Waals surface area (Å²) in [5, 5.41) is 4.21. The van der Waals surface area contributed by atoms with E-state index >= 15 is 0 Å². The van der Waals surface area contributed by atoms with Crippen LogP contribution in [0.15, 0.2) is 6.20 Å². The third kappa shape index (κ3) is 1.77. The quantitative estimate of drug-likeness (QED) is 0.670. The number of hydrogen-bond donors (Lipinski definition) is 1. The SMILES string of the molecule is CNCc1cnc(C)s1. The van der Waals surface area contributed by atoms with E-state index in [1.807, 2.05) is 20.2 Å². The molecule has 0 spiro atoms. The predicted octanol–water partition coefficient (Wildman–Crippen LogP) is 1.17. The molecule has 0 aliphatic rings. The lowest BCUT2D eigenvalue weighted by Crippen LogP contribution is -2.02. The molecule has 0 unspecified atom stereocenters. The fourth-order valence-electron chi connectivity index (χ4n) is 0.661. The van der Waals surface area contributed by atoms with Crippen molar-refractivity contribution in [2.45, 2.75) is 13.5 Å². The van der Waals surface area contributed by atoms with Gasteiger partial charge in [-0.25, -0.2) is 4.98 Å². The van der Waals surface area contributed by atoms with Crippen LogP contribution < -0.4 is 5.32 Å². The molecule has 9 heavy (non-hydrogen) atoms. The standard InChI is InChI=1S/C6H10N2S/c1-5-8-4-6(9-5)3-7-2/h4,7H,3H2,1-2H3. The number of aryl methyl sites for hydroxylation is 1. The van der Waals surface area contributed by atoms with Crippen LogP contribution in [-0.2, 0) is 6.54 Å². The Bertz CT molecular complexity index is 183. The minimum absolute atomic E-state index is 0.936. The Hall–Kier alpha value is -0.410. The van der Waals surface area contributed by atoms with E-state index in [2.05, 4.69) is 10.3 Å². The maximum atomic E-state index is 4.11. The molecule has 1 aromatic heterocycles. The Morgan fingerprint density at radius 2 is 2.56 bits per heavy atom. The van der Waals surface area contributed by atoms with Crippen molar-refractivity contribution in [2.75, 3.05) is 7.05 Å². The summed E-state index contributed by atoms with van der Waals surface area (Å²) in [6, 6.07) is 0. The highest BCUT2D eigenvalue weighted by molar-refractivity contribution is 7.11. The molecule has 1 heterocycles. The number of aromatic nitrogens is 1. The average molecular weight is 142 g/mol. The van der Waals surface area contributed by atoms with Crippen molar-refractivity contribution >= 4 is 11.3 Å². The van der Waals surface area contributed by atoms with Crippen LogP contribution in [0.4, 0.5) is 0 Å². The maximum absolute atomic E-state index is 4.11. The van der Waals surface area contributed by atoms with E-state index in [0.717, 1.165) is 11.6 Å². The van der Waals surface area contributed by atoms with E-state index in [9.17, 15) is 0 Å². The lowest BCUT2D eigenvalue weighted by atomic mass is 10.5. The second-order valence-electron chi connectivity index (χ2n) is 1.88. The van der Waals surface area contributed by atoms with Crippen LogP contribution >= 0.6 is 11.3 Å². The van der Waals surface area contributed by atoms with E-state index in [1.54, 1.807) is 11.3 Å². The minimum atomic E-state index is 0.936. The third-order valence-corrected chi connectivity index (χ3v) is 1.93. The van der Waals surface area contributed by atoms with Crippen molar-refractivity contribution in [3.63, 3.8) is 0 Å². The molecule has 0 saturated heterocycles. The summed E-state index contributed by atoms with van der Waals surface area (Å²) in [6.45, 7) is 2.95. The molecule has 1 rings (SSSR count). The first-order valence-corrected chi connectivity index (χ1v) is 3.70. The van der Waals surface area contributed by atoms with Gasteiger partial charge in [0.2, 0.25) is 0 Å². The summed E-state index contributed by atoms with van der Waals surface area (Å²) < 4.78 is 0. The van der Waals surface area contributed by atoms with Crippen LogP contribution in [0.25, 0.3) is 0 Å². The molecular weight excluding hydrogens is 132 g/mol. The van der Waals surface area contributed by atoms with Crippen molar-refractivity contribution in [2.24, 2.45) is 0 Å². The molecule has 0 radical (unpaired) electrons. The number of nitrogens with one attached hydrogen (secondary N) is 1.